The van der Waals surface area contributed by atoms with Crippen molar-refractivity contribution in [2.75, 3.05) is 5.32 Å². The molecule has 0 bridgehead atoms. The molecule has 2 rings (SSSR count). The average molecular weight is 422 g/mol. The first-order chi connectivity index (χ1) is 12.5. The first kappa shape index (κ1) is 21.2. The van der Waals surface area contributed by atoms with Crippen molar-refractivity contribution in [1.82, 2.24) is 4.72 Å². The smallest absolute Gasteiger partial charge is 0.406 e. The molecule has 0 fully saturated rings. The number of hydrogen-bond acceptors (Lipinski definition) is 5. The van der Waals surface area contributed by atoms with E-state index in [1.54, 1.807) is 25.3 Å². The molecule has 0 radical (unpaired) electrons. The highest BCUT2D eigenvalue weighted by molar-refractivity contribution is 7.91. The maximum Gasteiger partial charge on any atom is 0.573 e. The summed E-state index contributed by atoms with van der Waals surface area (Å²) in [5.41, 5.74) is 0.204. The average Bonchev–Trinajstić information content (AvgIpc) is 3.08. The first-order valence-electron chi connectivity index (χ1n) is 7.70. The van der Waals surface area contributed by atoms with E-state index in [4.69, 9.17) is 0 Å². The molecule has 1 amide bonds. The quantitative estimate of drug-likeness (QED) is 0.714. The van der Waals surface area contributed by atoms with Crippen molar-refractivity contribution >= 4 is 33.0 Å². The topological polar surface area (TPSA) is 84.5 Å². The van der Waals surface area contributed by atoms with Gasteiger partial charge in [0, 0.05) is 5.69 Å². The van der Waals surface area contributed by atoms with Crippen LogP contribution in [0.1, 0.15) is 13.8 Å². The Morgan fingerprint density at radius 2 is 1.78 bits per heavy atom. The largest absolute Gasteiger partial charge is 0.573 e. The van der Waals surface area contributed by atoms with Crippen LogP contribution in [0.5, 0.6) is 5.75 Å². The zero-order valence-corrected chi connectivity index (χ0v) is 15.9. The van der Waals surface area contributed by atoms with Gasteiger partial charge in [0.05, 0.1) is 0 Å². The van der Waals surface area contributed by atoms with Gasteiger partial charge in [-0.2, -0.15) is 4.72 Å². The number of hydrogen-bond donors (Lipinski definition) is 2. The fourth-order valence-electron chi connectivity index (χ4n) is 2.09. The second kappa shape index (κ2) is 8.28. The monoisotopic (exact) mass is 422 g/mol. The Kier molecular flexibility index (Phi) is 6.50. The molecule has 148 valence electrons. The van der Waals surface area contributed by atoms with Crippen molar-refractivity contribution in [2.24, 2.45) is 5.92 Å². The second-order valence-corrected chi connectivity index (χ2v) is 8.73. The maximum absolute atomic E-state index is 12.5. The molecule has 27 heavy (non-hydrogen) atoms. The number of anilines is 1. The summed E-state index contributed by atoms with van der Waals surface area (Å²) in [5, 5.41) is 4.08. The van der Waals surface area contributed by atoms with Crippen LogP contribution < -0.4 is 14.8 Å². The van der Waals surface area contributed by atoms with Crippen LogP contribution in [-0.4, -0.2) is 26.7 Å². The summed E-state index contributed by atoms with van der Waals surface area (Å²) in [6.45, 7) is 3.34. The first-order valence-corrected chi connectivity index (χ1v) is 10.1. The third-order valence-electron chi connectivity index (χ3n) is 3.35. The normalized spacial score (nSPS) is 13.4. The fourth-order valence-corrected chi connectivity index (χ4v) is 4.45. The number of amides is 1. The summed E-state index contributed by atoms with van der Waals surface area (Å²) >= 11 is 1.02. The molecule has 0 saturated heterocycles. The summed E-state index contributed by atoms with van der Waals surface area (Å²) in [6.07, 6.45) is -4.81. The van der Waals surface area contributed by atoms with Gasteiger partial charge in [0.2, 0.25) is 5.91 Å². The van der Waals surface area contributed by atoms with Crippen molar-refractivity contribution in [3.05, 3.63) is 41.8 Å². The number of ether oxygens (including phenoxy) is 1. The van der Waals surface area contributed by atoms with Gasteiger partial charge in [-0.05, 0) is 41.6 Å². The van der Waals surface area contributed by atoms with E-state index in [-0.39, 0.29) is 15.8 Å². The Bertz CT molecular complexity index is 864. The third-order valence-corrected chi connectivity index (χ3v) is 6.19. The lowest BCUT2D eigenvalue weighted by atomic mass is 10.0. The fraction of sp³-hybridized carbons (Fsp3) is 0.312. The molecule has 0 spiro atoms. The molecular weight excluding hydrogens is 405 g/mol. The van der Waals surface area contributed by atoms with Gasteiger partial charge >= 0.3 is 6.36 Å². The zero-order chi connectivity index (χ0) is 20.2. The summed E-state index contributed by atoms with van der Waals surface area (Å²) < 4.78 is 67.4. The van der Waals surface area contributed by atoms with Crippen LogP contribution in [0.15, 0.2) is 46.0 Å². The Morgan fingerprint density at radius 1 is 1.15 bits per heavy atom. The zero-order valence-electron chi connectivity index (χ0n) is 14.3. The molecule has 1 atom stereocenters. The van der Waals surface area contributed by atoms with Gasteiger partial charge in [0.15, 0.2) is 0 Å². The van der Waals surface area contributed by atoms with E-state index >= 15 is 0 Å². The molecular formula is C16H17F3N2O4S2. The van der Waals surface area contributed by atoms with Crippen LogP contribution in [0.3, 0.4) is 0 Å². The predicted octanol–water partition coefficient (Wildman–Crippen LogP) is 3.59. The number of benzene rings is 1. The Labute approximate surface area is 158 Å². The molecule has 1 aromatic carbocycles. The van der Waals surface area contributed by atoms with Crippen molar-refractivity contribution in [1.29, 1.82) is 0 Å². The molecule has 0 aliphatic carbocycles. The summed E-state index contributed by atoms with van der Waals surface area (Å²) in [6, 6.07) is 6.47. The second-order valence-electron chi connectivity index (χ2n) is 5.84. The Morgan fingerprint density at radius 3 is 2.26 bits per heavy atom. The van der Waals surface area contributed by atoms with Crippen molar-refractivity contribution in [3.63, 3.8) is 0 Å². The number of sulfonamides is 1. The van der Waals surface area contributed by atoms with Crippen LogP contribution >= 0.6 is 11.3 Å². The molecule has 0 aliphatic rings. The van der Waals surface area contributed by atoms with Crippen LogP contribution in [0.4, 0.5) is 18.9 Å². The maximum atomic E-state index is 12.5. The van der Waals surface area contributed by atoms with Gasteiger partial charge in [-0.3, -0.25) is 4.79 Å². The Balaban J connectivity index is 2.09. The molecule has 11 heteroatoms. The number of thiophene rings is 1. The van der Waals surface area contributed by atoms with Gasteiger partial charge in [-0.25, -0.2) is 8.42 Å². The molecule has 0 unspecified atom stereocenters. The van der Waals surface area contributed by atoms with Gasteiger partial charge < -0.3 is 10.1 Å². The van der Waals surface area contributed by atoms with Crippen molar-refractivity contribution in [3.8, 4) is 5.75 Å². The van der Waals surface area contributed by atoms with E-state index in [1.807, 2.05) is 0 Å². The van der Waals surface area contributed by atoms with Crippen LogP contribution in [0.2, 0.25) is 0 Å². The van der Waals surface area contributed by atoms with E-state index in [0.717, 1.165) is 23.5 Å². The minimum absolute atomic E-state index is 0.0783. The standard InChI is InChI=1S/C16H17F3N2O4S2/c1-10(2)14(21-27(23,24)13-4-3-9-26-13)15(22)20-11-5-7-12(8-6-11)25-16(17,18)19/h3-10,14,21H,1-2H3,(H,20,22)/t14-/m1/s1. The lowest BCUT2D eigenvalue weighted by Gasteiger charge is -2.21. The number of alkyl halides is 3. The van der Waals surface area contributed by atoms with Gasteiger partial charge in [0.1, 0.15) is 16.0 Å². The van der Waals surface area contributed by atoms with Crippen molar-refractivity contribution in [2.45, 2.75) is 30.5 Å². The van der Waals surface area contributed by atoms with E-state index < -0.39 is 34.1 Å². The molecule has 6 nitrogen and oxygen atoms in total. The summed E-state index contributed by atoms with van der Waals surface area (Å²) in [4.78, 5) is 12.5. The third kappa shape index (κ3) is 6.22. The summed E-state index contributed by atoms with van der Waals surface area (Å²) in [5.74, 6) is -1.43. The lowest BCUT2D eigenvalue weighted by molar-refractivity contribution is -0.274. The van der Waals surface area contributed by atoms with E-state index in [0.29, 0.717) is 0 Å². The molecule has 1 heterocycles. The molecule has 1 aromatic heterocycles. The number of halogens is 3. The molecule has 0 saturated carbocycles. The SMILES string of the molecule is CC(C)[C@@H](NS(=O)(=O)c1cccs1)C(=O)Nc1ccc(OC(F)(F)F)cc1. The molecule has 2 aromatic rings. The van der Waals surface area contributed by atoms with E-state index in [2.05, 4.69) is 14.8 Å². The number of carbonyl (C=O) groups excluding carboxylic acids is 1. The van der Waals surface area contributed by atoms with E-state index in [9.17, 15) is 26.4 Å². The van der Waals surface area contributed by atoms with E-state index in [1.165, 1.54) is 18.2 Å². The van der Waals surface area contributed by atoms with Gasteiger partial charge in [-0.15, -0.1) is 24.5 Å². The predicted molar refractivity (Wildman–Crippen MR) is 95.0 cm³/mol. The summed E-state index contributed by atoms with van der Waals surface area (Å²) in [7, 11) is -3.86. The van der Waals surface area contributed by atoms with Gasteiger partial charge in [0.25, 0.3) is 10.0 Å². The minimum Gasteiger partial charge on any atom is -0.406 e. The highest BCUT2D eigenvalue weighted by atomic mass is 32.2. The van der Waals surface area contributed by atoms with Crippen LogP contribution in [0.25, 0.3) is 0 Å². The van der Waals surface area contributed by atoms with Gasteiger partial charge in [-0.1, -0.05) is 19.9 Å². The highest BCUT2D eigenvalue weighted by Gasteiger charge is 2.31. The van der Waals surface area contributed by atoms with Crippen LogP contribution in [0, 0.1) is 5.92 Å². The molecule has 2 N–H and O–H groups in total. The number of rotatable bonds is 7. The Hall–Kier alpha value is -2.11. The number of nitrogens with one attached hydrogen (secondary N) is 2. The lowest BCUT2D eigenvalue weighted by Crippen LogP contribution is -2.46. The molecule has 0 aliphatic heterocycles. The minimum atomic E-state index is -4.81. The van der Waals surface area contributed by atoms with Crippen LogP contribution in [-0.2, 0) is 14.8 Å². The highest BCUT2D eigenvalue weighted by Crippen LogP contribution is 2.24. The number of carbonyl (C=O) groups is 1. The van der Waals surface area contributed by atoms with Crippen molar-refractivity contribution < 1.29 is 31.1 Å².